The Kier molecular flexibility index (Phi) is 3.34. The van der Waals surface area contributed by atoms with Gasteiger partial charge in [-0.2, -0.15) is 0 Å². The molecule has 2 rings (SSSR count). The van der Waals surface area contributed by atoms with Crippen molar-refractivity contribution in [2.75, 3.05) is 7.11 Å². The molecular weight excluding hydrogens is 231 g/mol. The molecule has 0 atom stereocenters. The SMILES string of the molecule is COc1nccc(CB2OC(C)(C)C(C)(C)O2)n1. The second-order valence-corrected chi connectivity index (χ2v) is 5.42. The second-order valence-electron chi connectivity index (χ2n) is 5.42. The van der Waals surface area contributed by atoms with E-state index in [0.717, 1.165) is 5.69 Å². The Morgan fingerprint density at radius 3 is 2.39 bits per heavy atom. The summed E-state index contributed by atoms with van der Waals surface area (Å²) in [6, 6.07) is 2.21. The molecule has 0 unspecified atom stereocenters. The van der Waals surface area contributed by atoms with Gasteiger partial charge in [0, 0.05) is 18.2 Å². The minimum Gasteiger partial charge on any atom is -0.467 e. The Hall–Kier alpha value is -1.14. The quantitative estimate of drug-likeness (QED) is 0.763. The smallest absolute Gasteiger partial charge is 0.464 e. The topological polar surface area (TPSA) is 53.5 Å². The van der Waals surface area contributed by atoms with Crippen LogP contribution in [0.2, 0.25) is 0 Å². The molecule has 1 aromatic rings. The van der Waals surface area contributed by atoms with Gasteiger partial charge in [0.1, 0.15) is 0 Å². The fourth-order valence-corrected chi connectivity index (χ4v) is 1.81. The van der Waals surface area contributed by atoms with Crippen LogP contribution in [0.5, 0.6) is 6.01 Å². The monoisotopic (exact) mass is 250 g/mol. The molecule has 0 radical (unpaired) electrons. The highest BCUT2D eigenvalue weighted by Gasteiger charge is 2.50. The summed E-state index contributed by atoms with van der Waals surface area (Å²) in [6.45, 7) is 8.14. The maximum absolute atomic E-state index is 5.92. The summed E-state index contributed by atoms with van der Waals surface area (Å²) in [6.07, 6.45) is 2.26. The minimum atomic E-state index is -0.311. The fraction of sp³-hybridized carbons (Fsp3) is 0.667. The zero-order chi connectivity index (χ0) is 13.4. The van der Waals surface area contributed by atoms with Gasteiger partial charge in [0.05, 0.1) is 18.3 Å². The number of rotatable bonds is 3. The van der Waals surface area contributed by atoms with Gasteiger partial charge in [0.25, 0.3) is 0 Å². The molecule has 18 heavy (non-hydrogen) atoms. The number of hydrogen-bond donors (Lipinski definition) is 0. The van der Waals surface area contributed by atoms with E-state index in [9.17, 15) is 0 Å². The number of methoxy groups -OCH3 is 1. The molecule has 6 heteroatoms. The number of nitrogens with zero attached hydrogens (tertiary/aromatic N) is 2. The van der Waals surface area contributed by atoms with Crippen molar-refractivity contribution in [3.05, 3.63) is 18.0 Å². The molecule has 0 aromatic carbocycles. The van der Waals surface area contributed by atoms with Crippen molar-refractivity contribution in [2.45, 2.75) is 45.2 Å². The van der Waals surface area contributed by atoms with Gasteiger partial charge in [-0.25, -0.2) is 9.97 Å². The van der Waals surface area contributed by atoms with Crippen molar-refractivity contribution < 1.29 is 14.0 Å². The van der Waals surface area contributed by atoms with Crippen LogP contribution in [0.3, 0.4) is 0 Å². The first-order valence-electron chi connectivity index (χ1n) is 6.05. The number of aromatic nitrogens is 2. The highest BCUT2D eigenvalue weighted by atomic mass is 16.7. The Morgan fingerprint density at radius 1 is 1.22 bits per heavy atom. The largest absolute Gasteiger partial charge is 0.467 e. The summed E-state index contributed by atoms with van der Waals surface area (Å²) < 4.78 is 16.8. The van der Waals surface area contributed by atoms with Crippen molar-refractivity contribution in [3.8, 4) is 6.01 Å². The minimum absolute atomic E-state index is 0.283. The highest BCUT2D eigenvalue weighted by Crippen LogP contribution is 2.37. The normalized spacial score (nSPS) is 21.1. The van der Waals surface area contributed by atoms with E-state index in [1.165, 1.54) is 0 Å². The molecule has 0 saturated carbocycles. The van der Waals surface area contributed by atoms with Crippen LogP contribution in [0.25, 0.3) is 0 Å². The van der Waals surface area contributed by atoms with Gasteiger partial charge < -0.3 is 14.0 Å². The van der Waals surface area contributed by atoms with E-state index in [0.29, 0.717) is 12.3 Å². The zero-order valence-electron chi connectivity index (χ0n) is 11.6. The number of hydrogen-bond acceptors (Lipinski definition) is 5. The van der Waals surface area contributed by atoms with Gasteiger partial charge in [-0.05, 0) is 33.8 Å². The van der Waals surface area contributed by atoms with Gasteiger partial charge in [-0.15, -0.1) is 0 Å². The van der Waals surface area contributed by atoms with Crippen molar-refractivity contribution in [2.24, 2.45) is 0 Å². The molecule has 1 fully saturated rings. The molecule has 2 heterocycles. The third-order valence-electron chi connectivity index (χ3n) is 3.55. The Bertz CT molecular complexity index is 421. The van der Waals surface area contributed by atoms with Crippen molar-refractivity contribution in [1.29, 1.82) is 0 Å². The lowest BCUT2D eigenvalue weighted by Crippen LogP contribution is -2.41. The van der Waals surface area contributed by atoms with Crippen LogP contribution >= 0.6 is 0 Å². The molecular formula is C12H19BN2O3. The van der Waals surface area contributed by atoms with Crippen LogP contribution in [0.1, 0.15) is 33.4 Å². The van der Waals surface area contributed by atoms with E-state index in [2.05, 4.69) is 9.97 Å². The second kappa shape index (κ2) is 4.51. The summed E-state index contributed by atoms with van der Waals surface area (Å²) in [5.74, 6) is 0. The summed E-state index contributed by atoms with van der Waals surface area (Å²) in [5.41, 5.74) is 0.226. The van der Waals surface area contributed by atoms with Crippen molar-refractivity contribution in [3.63, 3.8) is 0 Å². The molecule has 0 aliphatic carbocycles. The maximum atomic E-state index is 5.92. The first-order chi connectivity index (χ1) is 8.34. The Balaban J connectivity index is 2.07. The third kappa shape index (κ3) is 2.49. The van der Waals surface area contributed by atoms with Gasteiger partial charge >= 0.3 is 13.1 Å². The third-order valence-corrected chi connectivity index (χ3v) is 3.55. The Labute approximate surface area is 108 Å². The molecule has 98 valence electrons. The lowest BCUT2D eigenvalue weighted by Gasteiger charge is -2.32. The number of ether oxygens (including phenoxy) is 1. The summed E-state index contributed by atoms with van der Waals surface area (Å²) >= 11 is 0. The highest BCUT2D eigenvalue weighted by molar-refractivity contribution is 6.44. The predicted octanol–water partition coefficient (Wildman–Crippen LogP) is 1.66. The molecule has 1 aromatic heterocycles. The predicted molar refractivity (Wildman–Crippen MR) is 68.4 cm³/mol. The lowest BCUT2D eigenvalue weighted by atomic mass is 9.83. The van der Waals surface area contributed by atoms with Crippen LogP contribution in [0.4, 0.5) is 0 Å². The molecule has 0 amide bonds. The van der Waals surface area contributed by atoms with E-state index in [1.807, 2.05) is 33.8 Å². The summed E-state index contributed by atoms with van der Waals surface area (Å²) in [4.78, 5) is 8.23. The van der Waals surface area contributed by atoms with Crippen LogP contribution in [0, 0.1) is 0 Å². The maximum Gasteiger partial charge on any atom is 0.464 e. The van der Waals surface area contributed by atoms with Gasteiger partial charge in [0.15, 0.2) is 0 Å². The first kappa shape index (κ1) is 13.3. The van der Waals surface area contributed by atoms with Gasteiger partial charge in [0.2, 0.25) is 0 Å². The summed E-state index contributed by atoms with van der Waals surface area (Å²) in [7, 11) is 1.27. The molecule has 0 N–H and O–H groups in total. The van der Waals surface area contributed by atoms with Gasteiger partial charge in [-0.1, -0.05) is 0 Å². The van der Waals surface area contributed by atoms with Crippen LogP contribution in [0.15, 0.2) is 12.3 Å². The average molecular weight is 250 g/mol. The van der Waals surface area contributed by atoms with Crippen molar-refractivity contribution >= 4 is 7.12 Å². The van der Waals surface area contributed by atoms with E-state index >= 15 is 0 Å². The first-order valence-corrected chi connectivity index (χ1v) is 6.05. The van der Waals surface area contributed by atoms with Crippen LogP contribution < -0.4 is 4.74 Å². The lowest BCUT2D eigenvalue weighted by molar-refractivity contribution is 0.00578. The molecule has 5 nitrogen and oxygen atoms in total. The van der Waals surface area contributed by atoms with E-state index in [4.69, 9.17) is 14.0 Å². The van der Waals surface area contributed by atoms with Crippen LogP contribution in [-0.4, -0.2) is 35.4 Å². The zero-order valence-corrected chi connectivity index (χ0v) is 11.6. The van der Waals surface area contributed by atoms with Crippen LogP contribution in [-0.2, 0) is 15.6 Å². The molecule has 1 aliphatic rings. The molecule has 0 bridgehead atoms. The Morgan fingerprint density at radius 2 is 1.83 bits per heavy atom. The molecule has 0 spiro atoms. The van der Waals surface area contributed by atoms with E-state index in [-0.39, 0.29) is 18.3 Å². The average Bonchev–Trinajstić information content (AvgIpc) is 2.47. The molecule has 1 saturated heterocycles. The fourth-order valence-electron chi connectivity index (χ4n) is 1.81. The van der Waals surface area contributed by atoms with Gasteiger partial charge in [-0.3, -0.25) is 0 Å². The molecule has 1 aliphatic heterocycles. The van der Waals surface area contributed by atoms with Crippen molar-refractivity contribution in [1.82, 2.24) is 9.97 Å². The standard InChI is InChI=1S/C12H19BN2O3/c1-11(2)12(3,4)18-13(17-11)8-9-6-7-14-10(15-9)16-5/h6-7H,8H2,1-5H3. The van der Waals surface area contributed by atoms with E-state index in [1.54, 1.807) is 13.3 Å². The van der Waals surface area contributed by atoms with E-state index < -0.39 is 0 Å². The summed E-state index contributed by atoms with van der Waals surface area (Å²) in [5, 5.41) is 0.